The Balaban J connectivity index is 1.39. The van der Waals surface area contributed by atoms with Crippen LogP contribution in [0.4, 0.5) is 0 Å². The lowest BCUT2D eigenvalue weighted by Crippen LogP contribution is -2.81. The van der Waals surface area contributed by atoms with E-state index in [2.05, 4.69) is 22.3 Å². The fraction of sp³-hybridized carbons (Fsp3) is 0.741. The molecule has 1 aromatic rings. The van der Waals surface area contributed by atoms with E-state index in [1.807, 2.05) is 7.11 Å². The van der Waals surface area contributed by atoms with Gasteiger partial charge >= 0.3 is 0 Å². The number of nitrogens with one attached hydrogen (secondary N) is 1. The Kier molecular flexibility index (Phi) is 4.49. The molecule has 7 aliphatic rings. The predicted molar refractivity (Wildman–Crippen MR) is 127 cm³/mol. The summed E-state index contributed by atoms with van der Waals surface area (Å²) in [4.78, 5) is 14.3. The van der Waals surface area contributed by atoms with Crippen molar-refractivity contribution >= 4 is 5.91 Å². The lowest BCUT2D eigenvalue weighted by Gasteiger charge is -2.74. The molecule has 7 heteroatoms. The maximum Gasteiger partial charge on any atom is 0.231 e. The lowest BCUT2D eigenvalue weighted by molar-refractivity contribution is -0.276. The van der Waals surface area contributed by atoms with E-state index in [1.54, 1.807) is 7.11 Å². The number of fused-ring (bicyclic) bond motifs is 2. The number of methoxy groups -OCH3 is 2. The summed E-state index contributed by atoms with van der Waals surface area (Å²) in [5.41, 5.74) is 8.10. The summed E-state index contributed by atoms with van der Waals surface area (Å²) in [6.45, 7) is 3.31. The van der Waals surface area contributed by atoms with Crippen molar-refractivity contribution < 1.29 is 19.0 Å². The van der Waals surface area contributed by atoms with Crippen LogP contribution in [0.3, 0.4) is 0 Å². The van der Waals surface area contributed by atoms with Crippen molar-refractivity contribution in [2.24, 2.45) is 23.0 Å². The van der Waals surface area contributed by atoms with Crippen LogP contribution in [0.2, 0.25) is 0 Å². The van der Waals surface area contributed by atoms with E-state index in [0.29, 0.717) is 6.04 Å². The lowest BCUT2D eigenvalue weighted by atomic mass is 9.35. The number of carbonyl (C=O) groups excluding carboxylic acids is 1. The standard InChI is InChI=1S/C27H37N3O4/c1-32-19-6-5-17-11-20-25-7-8-27(33-2,18(12-25)13-29-14-21(28)31)24-26(25,22(17)23(19)34-24)9-10-30(20)15-16-3-4-16/h5-6,16,18,20,24,29H,3-4,7-15H2,1-2H3,(H2,28,31)/t18-,20-,24-,25?,26?,27?/m1/s1. The van der Waals surface area contributed by atoms with Crippen LogP contribution < -0.4 is 20.5 Å². The Morgan fingerprint density at radius 2 is 2.12 bits per heavy atom. The van der Waals surface area contributed by atoms with Gasteiger partial charge in [-0.2, -0.15) is 0 Å². The molecule has 1 saturated heterocycles. The molecule has 5 fully saturated rings. The molecule has 7 nitrogen and oxygen atoms in total. The number of primary amides is 1. The normalized spacial score (nSPS) is 41.2. The Morgan fingerprint density at radius 3 is 2.85 bits per heavy atom. The maximum absolute atomic E-state index is 11.5. The van der Waals surface area contributed by atoms with E-state index < -0.39 is 0 Å². The van der Waals surface area contributed by atoms with Gasteiger partial charge in [0.1, 0.15) is 11.7 Å². The van der Waals surface area contributed by atoms with Gasteiger partial charge < -0.3 is 25.3 Å². The number of ether oxygens (including phenoxy) is 3. The molecule has 4 saturated carbocycles. The Bertz CT molecular complexity index is 1040. The van der Waals surface area contributed by atoms with Gasteiger partial charge in [-0.3, -0.25) is 9.69 Å². The molecule has 5 aliphatic carbocycles. The zero-order chi connectivity index (χ0) is 23.3. The van der Waals surface area contributed by atoms with Gasteiger partial charge in [-0.1, -0.05) is 6.07 Å². The van der Waals surface area contributed by atoms with E-state index in [1.165, 1.54) is 36.9 Å². The van der Waals surface area contributed by atoms with Gasteiger partial charge in [0.25, 0.3) is 0 Å². The van der Waals surface area contributed by atoms with Crippen LogP contribution in [0.25, 0.3) is 0 Å². The summed E-state index contributed by atoms with van der Waals surface area (Å²) in [6.07, 6.45) is 8.25. The number of piperidine rings is 1. The monoisotopic (exact) mass is 467 g/mol. The third-order valence-electron chi connectivity index (χ3n) is 10.7. The first-order valence-corrected chi connectivity index (χ1v) is 13.1. The highest BCUT2D eigenvalue weighted by Crippen LogP contribution is 2.76. The highest BCUT2D eigenvalue weighted by Gasteiger charge is 2.80. The van der Waals surface area contributed by atoms with Gasteiger partial charge in [0.05, 0.1) is 13.7 Å². The summed E-state index contributed by atoms with van der Waals surface area (Å²) in [5, 5.41) is 3.35. The summed E-state index contributed by atoms with van der Waals surface area (Å²) >= 11 is 0. The van der Waals surface area contributed by atoms with E-state index in [-0.39, 0.29) is 40.9 Å². The minimum absolute atomic E-state index is 0.0242. The number of hydrogen-bond acceptors (Lipinski definition) is 6. The SMILES string of the molecule is COc1ccc2c3c1O[C@H]1C4(OC)CCC5(C[C@@H]4CNCC(N)=O)[C@@H](C2)N(CC2CC2)CCC315. The molecule has 3 N–H and O–H groups in total. The Morgan fingerprint density at radius 1 is 1.26 bits per heavy atom. The fourth-order valence-electron chi connectivity index (χ4n) is 9.31. The van der Waals surface area contributed by atoms with Crippen LogP contribution in [0.5, 0.6) is 11.5 Å². The number of carbonyl (C=O) groups is 1. The predicted octanol–water partition coefficient (Wildman–Crippen LogP) is 1.99. The molecular weight excluding hydrogens is 430 g/mol. The third-order valence-corrected chi connectivity index (χ3v) is 10.7. The van der Waals surface area contributed by atoms with Crippen molar-refractivity contribution in [3.63, 3.8) is 0 Å². The van der Waals surface area contributed by atoms with Gasteiger partial charge in [-0.15, -0.1) is 0 Å². The minimum Gasteiger partial charge on any atom is -0.493 e. The van der Waals surface area contributed by atoms with Gasteiger partial charge in [0.2, 0.25) is 5.91 Å². The summed E-state index contributed by atoms with van der Waals surface area (Å²) in [6, 6.07) is 4.95. The molecule has 1 amide bonds. The second-order valence-corrected chi connectivity index (χ2v) is 11.8. The molecule has 2 aliphatic heterocycles. The summed E-state index contributed by atoms with van der Waals surface area (Å²) in [7, 11) is 3.61. The summed E-state index contributed by atoms with van der Waals surface area (Å²) < 4.78 is 19.4. The van der Waals surface area contributed by atoms with Crippen LogP contribution in [0.15, 0.2) is 12.1 Å². The minimum atomic E-state index is -0.381. The van der Waals surface area contributed by atoms with Gasteiger partial charge in [0, 0.05) is 48.6 Å². The molecule has 184 valence electrons. The summed E-state index contributed by atoms with van der Waals surface area (Å²) in [5.74, 6) is 2.66. The average Bonchev–Trinajstić information content (AvgIpc) is 3.57. The van der Waals surface area contributed by atoms with E-state index in [4.69, 9.17) is 19.9 Å². The van der Waals surface area contributed by atoms with Crippen molar-refractivity contribution in [3.05, 3.63) is 23.3 Å². The van der Waals surface area contributed by atoms with Crippen molar-refractivity contribution in [1.29, 1.82) is 0 Å². The second kappa shape index (κ2) is 7.11. The van der Waals surface area contributed by atoms with Crippen molar-refractivity contribution in [1.82, 2.24) is 10.2 Å². The van der Waals surface area contributed by atoms with Crippen molar-refractivity contribution in [2.75, 3.05) is 40.4 Å². The fourth-order valence-corrected chi connectivity index (χ4v) is 9.31. The molecule has 1 aromatic carbocycles. The van der Waals surface area contributed by atoms with Gasteiger partial charge in [0.15, 0.2) is 11.5 Å². The highest BCUT2D eigenvalue weighted by atomic mass is 16.6. The molecule has 8 rings (SSSR count). The number of hydrogen-bond donors (Lipinski definition) is 2. The van der Waals surface area contributed by atoms with Crippen LogP contribution in [0, 0.1) is 17.3 Å². The van der Waals surface area contributed by atoms with Crippen molar-refractivity contribution in [3.8, 4) is 11.5 Å². The molecule has 0 radical (unpaired) electrons. The van der Waals surface area contributed by atoms with Crippen LogP contribution >= 0.6 is 0 Å². The first kappa shape index (κ1) is 21.5. The Hall–Kier alpha value is -1.83. The number of likely N-dealkylation sites (tertiary alicyclic amines) is 1. The topological polar surface area (TPSA) is 86.0 Å². The zero-order valence-corrected chi connectivity index (χ0v) is 20.4. The smallest absolute Gasteiger partial charge is 0.231 e. The van der Waals surface area contributed by atoms with E-state index in [9.17, 15) is 4.79 Å². The third kappa shape index (κ3) is 2.46. The van der Waals surface area contributed by atoms with Crippen LogP contribution in [0.1, 0.15) is 49.7 Å². The largest absolute Gasteiger partial charge is 0.493 e. The number of nitrogens with zero attached hydrogens (tertiary/aromatic N) is 1. The van der Waals surface area contributed by atoms with Gasteiger partial charge in [-0.05, 0) is 69.0 Å². The highest BCUT2D eigenvalue weighted by molar-refractivity contribution is 5.75. The molecule has 6 atom stereocenters. The number of rotatable bonds is 8. The molecule has 2 spiro atoms. The van der Waals surface area contributed by atoms with Crippen molar-refractivity contribution in [2.45, 2.75) is 68.1 Å². The molecule has 4 bridgehead atoms. The first-order chi connectivity index (χ1) is 16.5. The molecule has 0 aromatic heterocycles. The second-order valence-electron chi connectivity index (χ2n) is 11.8. The van der Waals surface area contributed by atoms with Crippen LogP contribution in [-0.2, 0) is 21.4 Å². The quantitative estimate of drug-likeness (QED) is 0.608. The number of amides is 1. The molecular formula is C27H37N3O4. The molecule has 34 heavy (non-hydrogen) atoms. The average molecular weight is 468 g/mol. The zero-order valence-electron chi connectivity index (χ0n) is 20.4. The first-order valence-electron chi connectivity index (χ1n) is 13.1. The van der Waals surface area contributed by atoms with Gasteiger partial charge in [-0.25, -0.2) is 0 Å². The van der Waals surface area contributed by atoms with E-state index in [0.717, 1.165) is 56.2 Å². The Labute approximate surface area is 201 Å². The maximum atomic E-state index is 11.5. The number of benzene rings is 1. The van der Waals surface area contributed by atoms with Crippen LogP contribution in [-0.4, -0.2) is 69.0 Å². The van der Waals surface area contributed by atoms with E-state index >= 15 is 0 Å². The molecule has 2 heterocycles. The number of nitrogens with two attached hydrogens (primary N) is 1. The molecule has 3 unspecified atom stereocenters.